The maximum Gasteiger partial charge on any atom is 0.191 e. The van der Waals surface area contributed by atoms with Gasteiger partial charge < -0.3 is 9.30 Å². The van der Waals surface area contributed by atoms with Crippen molar-refractivity contribution in [1.29, 1.82) is 0 Å². The fourth-order valence-electron chi connectivity index (χ4n) is 2.11. The molecule has 0 fully saturated rings. The topological polar surface area (TPSA) is 39.9 Å². The molecule has 2 rings (SSSR count). The highest BCUT2D eigenvalue weighted by Crippen LogP contribution is 2.23. The van der Waals surface area contributed by atoms with E-state index in [0.29, 0.717) is 6.61 Å². The van der Waals surface area contributed by atoms with Crippen molar-refractivity contribution in [2.24, 2.45) is 0 Å². The van der Waals surface area contributed by atoms with Crippen molar-refractivity contribution in [3.05, 3.63) is 47.8 Å². The summed E-state index contributed by atoms with van der Waals surface area (Å²) >= 11 is 1.66. The number of allylic oxidation sites excluding steroid dienone is 1. The third-order valence-electron chi connectivity index (χ3n) is 3.18. The van der Waals surface area contributed by atoms with Crippen molar-refractivity contribution in [3.63, 3.8) is 0 Å². The third-order valence-corrected chi connectivity index (χ3v) is 4.11. The Morgan fingerprint density at radius 1 is 1.24 bits per heavy atom. The Morgan fingerprint density at radius 3 is 2.62 bits per heavy atom. The molecule has 0 aliphatic heterocycles. The van der Waals surface area contributed by atoms with Crippen LogP contribution in [0.2, 0.25) is 0 Å². The number of nitrogens with zero attached hydrogens (tertiary/aromatic N) is 3. The first-order valence-corrected chi connectivity index (χ1v) is 7.94. The standard InChI is InChI=1S/C16H21N3OS/c1-5-9-19-14(4)17-18-16(19)21-11-10-20-15-12(2)7-6-8-13(15)3/h5-8H,1,9-11H2,2-4H3. The first-order valence-electron chi connectivity index (χ1n) is 6.96. The van der Waals surface area contributed by atoms with Crippen LogP contribution < -0.4 is 4.74 Å². The van der Waals surface area contributed by atoms with Crippen LogP contribution in [0.15, 0.2) is 36.0 Å². The van der Waals surface area contributed by atoms with Crippen LogP contribution in [-0.4, -0.2) is 27.1 Å². The number of thioether (sulfide) groups is 1. The highest BCUT2D eigenvalue weighted by molar-refractivity contribution is 7.99. The van der Waals surface area contributed by atoms with Crippen molar-refractivity contribution >= 4 is 11.8 Å². The van der Waals surface area contributed by atoms with Crippen LogP contribution >= 0.6 is 11.8 Å². The molecule has 4 nitrogen and oxygen atoms in total. The molecule has 0 spiro atoms. The molecule has 0 saturated carbocycles. The van der Waals surface area contributed by atoms with Gasteiger partial charge in [0.15, 0.2) is 5.16 Å². The third kappa shape index (κ3) is 3.88. The predicted octanol–water partition coefficient (Wildman–Crippen LogP) is 3.56. The van der Waals surface area contributed by atoms with Gasteiger partial charge in [0.05, 0.1) is 6.61 Å². The molecule has 1 heterocycles. The number of rotatable bonds is 7. The molecule has 0 N–H and O–H groups in total. The predicted molar refractivity (Wildman–Crippen MR) is 87.1 cm³/mol. The van der Waals surface area contributed by atoms with Crippen LogP contribution in [0.1, 0.15) is 17.0 Å². The molecule has 0 aliphatic rings. The second-order valence-corrected chi connectivity index (χ2v) is 5.91. The first-order chi connectivity index (χ1) is 10.1. The number of ether oxygens (including phenoxy) is 1. The van der Waals surface area contributed by atoms with Gasteiger partial charge in [0.25, 0.3) is 0 Å². The summed E-state index contributed by atoms with van der Waals surface area (Å²) in [6.07, 6.45) is 1.85. The van der Waals surface area contributed by atoms with E-state index < -0.39 is 0 Å². The number of hydrogen-bond donors (Lipinski definition) is 0. The quantitative estimate of drug-likeness (QED) is 0.445. The molecule has 21 heavy (non-hydrogen) atoms. The zero-order valence-corrected chi connectivity index (χ0v) is 13.6. The van der Waals surface area contributed by atoms with Crippen molar-refractivity contribution in [2.45, 2.75) is 32.5 Å². The van der Waals surface area contributed by atoms with Gasteiger partial charge in [-0.15, -0.1) is 16.8 Å². The normalized spacial score (nSPS) is 10.6. The van der Waals surface area contributed by atoms with E-state index in [2.05, 4.69) is 47.3 Å². The lowest BCUT2D eigenvalue weighted by Crippen LogP contribution is -2.05. The smallest absolute Gasteiger partial charge is 0.191 e. The maximum absolute atomic E-state index is 5.90. The van der Waals surface area contributed by atoms with E-state index in [4.69, 9.17) is 4.74 Å². The minimum atomic E-state index is 0.649. The highest BCUT2D eigenvalue weighted by atomic mass is 32.2. The largest absolute Gasteiger partial charge is 0.492 e. The zero-order valence-electron chi connectivity index (χ0n) is 12.8. The molecule has 2 aromatic rings. The maximum atomic E-state index is 5.90. The molecule has 5 heteroatoms. The Bertz CT molecular complexity index is 602. The van der Waals surface area contributed by atoms with Crippen LogP contribution in [0.5, 0.6) is 5.75 Å². The summed E-state index contributed by atoms with van der Waals surface area (Å²) in [4.78, 5) is 0. The zero-order chi connectivity index (χ0) is 15.2. The minimum Gasteiger partial charge on any atom is -0.492 e. The molecule has 0 atom stereocenters. The summed E-state index contributed by atoms with van der Waals surface area (Å²) < 4.78 is 7.95. The van der Waals surface area contributed by atoms with E-state index in [9.17, 15) is 0 Å². The van der Waals surface area contributed by atoms with Crippen LogP contribution in [0.25, 0.3) is 0 Å². The number of para-hydroxylation sites is 1. The molecule has 0 aliphatic carbocycles. The molecule has 0 bridgehead atoms. The van der Waals surface area contributed by atoms with E-state index >= 15 is 0 Å². The Balaban J connectivity index is 1.89. The van der Waals surface area contributed by atoms with Crippen molar-refractivity contribution in [2.75, 3.05) is 12.4 Å². The van der Waals surface area contributed by atoms with Crippen LogP contribution in [0, 0.1) is 20.8 Å². The summed E-state index contributed by atoms with van der Waals surface area (Å²) in [6, 6.07) is 6.19. The number of aryl methyl sites for hydroxylation is 3. The summed E-state index contributed by atoms with van der Waals surface area (Å²) in [5.74, 6) is 2.73. The van der Waals surface area contributed by atoms with E-state index in [1.165, 1.54) is 11.1 Å². The van der Waals surface area contributed by atoms with Crippen LogP contribution in [0.3, 0.4) is 0 Å². The number of hydrogen-bond acceptors (Lipinski definition) is 4. The lowest BCUT2D eigenvalue weighted by Gasteiger charge is -2.11. The van der Waals surface area contributed by atoms with Crippen LogP contribution in [0.4, 0.5) is 0 Å². The molecule has 0 unspecified atom stereocenters. The fraction of sp³-hybridized carbons (Fsp3) is 0.375. The molecular formula is C16H21N3OS. The van der Waals surface area contributed by atoms with Crippen molar-refractivity contribution in [1.82, 2.24) is 14.8 Å². The Kier molecular flexibility index (Phi) is 5.44. The van der Waals surface area contributed by atoms with E-state index in [1.807, 2.05) is 19.1 Å². The summed E-state index contributed by atoms with van der Waals surface area (Å²) in [6.45, 7) is 11.2. The van der Waals surface area contributed by atoms with Crippen molar-refractivity contribution in [3.8, 4) is 5.75 Å². The van der Waals surface area contributed by atoms with E-state index in [-0.39, 0.29) is 0 Å². The fourth-order valence-corrected chi connectivity index (χ4v) is 2.92. The van der Waals surface area contributed by atoms with E-state index in [1.54, 1.807) is 11.8 Å². The Labute approximate surface area is 130 Å². The monoisotopic (exact) mass is 303 g/mol. The van der Waals surface area contributed by atoms with Gasteiger partial charge >= 0.3 is 0 Å². The lowest BCUT2D eigenvalue weighted by molar-refractivity contribution is 0.339. The van der Waals surface area contributed by atoms with Crippen LogP contribution in [-0.2, 0) is 6.54 Å². The lowest BCUT2D eigenvalue weighted by atomic mass is 10.1. The average molecular weight is 303 g/mol. The second-order valence-electron chi connectivity index (χ2n) is 4.85. The van der Waals surface area contributed by atoms with E-state index in [0.717, 1.165) is 29.0 Å². The molecule has 112 valence electrons. The Hall–Kier alpha value is -1.75. The Morgan fingerprint density at radius 2 is 1.95 bits per heavy atom. The van der Waals surface area contributed by atoms with Gasteiger partial charge in [-0.2, -0.15) is 0 Å². The number of benzene rings is 1. The SMILES string of the molecule is C=CCn1c(C)nnc1SCCOc1c(C)cccc1C. The molecule has 0 saturated heterocycles. The average Bonchev–Trinajstić information content (AvgIpc) is 2.79. The van der Waals surface area contributed by atoms with Gasteiger partial charge in [0.2, 0.25) is 0 Å². The second kappa shape index (κ2) is 7.31. The van der Waals surface area contributed by atoms with Gasteiger partial charge in [-0.25, -0.2) is 0 Å². The first kappa shape index (κ1) is 15.6. The molecule has 0 radical (unpaired) electrons. The highest BCUT2D eigenvalue weighted by Gasteiger charge is 2.08. The van der Waals surface area contributed by atoms with Gasteiger partial charge in [-0.1, -0.05) is 36.0 Å². The molecule has 1 aromatic carbocycles. The van der Waals surface area contributed by atoms with Gasteiger partial charge in [-0.05, 0) is 31.9 Å². The van der Waals surface area contributed by atoms with Crippen molar-refractivity contribution < 1.29 is 4.74 Å². The van der Waals surface area contributed by atoms with Gasteiger partial charge in [-0.3, -0.25) is 0 Å². The number of aromatic nitrogens is 3. The summed E-state index contributed by atoms with van der Waals surface area (Å²) in [5.41, 5.74) is 2.34. The molecule has 0 amide bonds. The summed E-state index contributed by atoms with van der Waals surface area (Å²) in [5, 5.41) is 9.20. The summed E-state index contributed by atoms with van der Waals surface area (Å²) in [7, 11) is 0. The minimum absolute atomic E-state index is 0.649. The molecule has 1 aromatic heterocycles. The van der Waals surface area contributed by atoms with Gasteiger partial charge in [0, 0.05) is 12.3 Å². The van der Waals surface area contributed by atoms with Gasteiger partial charge in [0.1, 0.15) is 11.6 Å². The molecular weight excluding hydrogens is 282 g/mol.